The van der Waals surface area contributed by atoms with E-state index in [-0.39, 0.29) is 0 Å². The maximum Gasteiger partial charge on any atom is 0.0716 e. The molecule has 1 heterocycles. The predicted octanol–water partition coefficient (Wildman–Crippen LogP) is 3.58. The summed E-state index contributed by atoms with van der Waals surface area (Å²) in [6.45, 7) is 5.39. The van der Waals surface area contributed by atoms with Gasteiger partial charge in [-0.05, 0) is 12.0 Å². The zero-order valence-corrected chi connectivity index (χ0v) is 9.51. The van der Waals surface area contributed by atoms with Crippen molar-refractivity contribution in [2.24, 2.45) is 5.92 Å². The molecule has 1 N–H and O–H groups in total. The summed E-state index contributed by atoms with van der Waals surface area (Å²) < 4.78 is 0. The van der Waals surface area contributed by atoms with Gasteiger partial charge in [0.1, 0.15) is 0 Å². The fourth-order valence-corrected chi connectivity index (χ4v) is 1.51. The zero-order valence-electron chi connectivity index (χ0n) is 8.76. The Bertz CT molecular complexity index is 272. The second kappa shape index (κ2) is 5.86. The molecule has 14 heavy (non-hydrogen) atoms. The van der Waals surface area contributed by atoms with E-state index in [1.54, 1.807) is 18.5 Å². The number of nitrogens with zero attached hydrogens (tertiary/aromatic N) is 1. The molecule has 3 heteroatoms. The predicted molar refractivity (Wildman–Crippen MR) is 61.8 cm³/mol. The van der Waals surface area contributed by atoms with Gasteiger partial charge in [0, 0.05) is 12.7 Å². The Kier molecular flexibility index (Phi) is 4.74. The zero-order chi connectivity index (χ0) is 10.4. The van der Waals surface area contributed by atoms with E-state index in [0.29, 0.717) is 5.92 Å². The van der Waals surface area contributed by atoms with E-state index in [2.05, 4.69) is 24.1 Å². The molecule has 0 aliphatic carbocycles. The molecular weight excluding hydrogens is 196 g/mol. The summed E-state index contributed by atoms with van der Waals surface area (Å²) in [6.07, 6.45) is 5.86. The quantitative estimate of drug-likeness (QED) is 0.807. The molecule has 0 unspecified atom stereocenters. The van der Waals surface area contributed by atoms with Gasteiger partial charge in [0.15, 0.2) is 0 Å². The van der Waals surface area contributed by atoms with Crippen molar-refractivity contribution >= 4 is 17.3 Å². The maximum atomic E-state index is 5.99. The first-order valence-electron chi connectivity index (χ1n) is 5.11. The van der Waals surface area contributed by atoms with Crippen LogP contribution in [-0.4, -0.2) is 11.5 Å². The van der Waals surface area contributed by atoms with Crippen molar-refractivity contribution in [1.82, 2.24) is 4.98 Å². The lowest BCUT2D eigenvalue weighted by Crippen LogP contribution is -2.12. The van der Waals surface area contributed by atoms with Crippen LogP contribution in [0.3, 0.4) is 0 Å². The number of rotatable bonds is 5. The van der Waals surface area contributed by atoms with Crippen LogP contribution < -0.4 is 5.32 Å². The molecule has 0 fully saturated rings. The van der Waals surface area contributed by atoms with Crippen molar-refractivity contribution in [2.75, 3.05) is 11.9 Å². The lowest BCUT2D eigenvalue weighted by Gasteiger charge is -2.14. The lowest BCUT2D eigenvalue weighted by atomic mass is 10.0. The van der Waals surface area contributed by atoms with Crippen LogP contribution in [0.4, 0.5) is 5.69 Å². The summed E-state index contributed by atoms with van der Waals surface area (Å²) in [4.78, 5) is 4.03. The molecule has 0 aliphatic heterocycles. The second-order valence-electron chi connectivity index (χ2n) is 3.42. The third-order valence-corrected chi connectivity index (χ3v) is 2.83. The number of hydrogen-bond acceptors (Lipinski definition) is 2. The Morgan fingerprint density at radius 3 is 2.71 bits per heavy atom. The van der Waals surface area contributed by atoms with Gasteiger partial charge in [-0.25, -0.2) is 0 Å². The van der Waals surface area contributed by atoms with E-state index in [0.717, 1.165) is 17.3 Å². The number of nitrogens with one attached hydrogen (secondary N) is 1. The Morgan fingerprint density at radius 1 is 1.43 bits per heavy atom. The van der Waals surface area contributed by atoms with Crippen LogP contribution in [0.15, 0.2) is 18.5 Å². The SMILES string of the molecule is CCC(CC)CNc1cnccc1Cl. The molecule has 0 bridgehead atoms. The topological polar surface area (TPSA) is 24.9 Å². The van der Waals surface area contributed by atoms with Crippen LogP contribution in [0.5, 0.6) is 0 Å². The van der Waals surface area contributed by atoms with Crippen LogP contribution in [0.25, 0.3) is 0 Å². The van der Waals surface area contributed by atoms with Crippen molar-refractivity contribution in [1.29, 1.82) is 0 Å². The highest BCUT2D eigenvalue weighted by Crippen LogP contribution is 2.20. The van der Waals surface area contributed by atoms with Crippen molar-refractivity contribution in [2.45, 2.75) is 26.7 Å². The second-order valence-corrected chi connectivity index (χ2v) is 3.83. The molecule has 0 atom stereocenters. The minimum absolute atomic E-state index is 0.714. The van der Waals surface area contributed by atoms with E-state index in [9.17, 15) is 0 Å². The number of anilines is 1. The molecule has 0 saturated heterocycles. The molecule has 0 saturated carbocycles. The molecule has 0 amide bonds. The van der Waals surface area contributed by atoms with Gasteiger partial charge in [0.05, 0.1) is 16.9 Å². The van der Waals surface area contributed by atoms with Crippen LogP contribution in [0.2, 0.25) is 5.02 Å². The number of aromatic nitrogens is 1. The average molecular weight is 213 g/mol. The van der Waals surface area contributed by atoms with Gasteiger partial charge in [-0.3, -0.25) is 4.98 Å². The summed E-state index contributed by atoms with van der Waals surface area (Å²) >= 11 is 5.99. The minimum atomic E-state index is 0.714. The largest absolute Gasteiger partial charge is 0.382 e. The average Bonchev–Trinajstić information content (AvgIpc) is 2.22. The third kappa shape index (κ3) is 3.18. The van der Waals surface area contributed by atoms with Crippen molar-refractivity contribution in [3.63, 3.8) is 0 Å². The fraction of sp³-hybridized carbons (Fsp3) is 0.545. The number of pyridine rings is 1. The first kappa shape index (κ1) is 11.3. The smallest absolute Gasteiger partial charge is 0.0716 e. The molecule has 0 radical (unpaired) electrons. The molecule has 1 aromatic heterocycles. The standard InChI is InChI=1S/C11H17ClN2/c1-3-9(4-2)7-14-11-8-13-6-5-10(11)12/h5-6,8-9,14H,3-4,7H2,1-2H3. The number of hydrogen-bond donors (Lipinski definition) is 1. The minimum Gasteiger partial charge on any atom is -0.382 e. The van der Waals surface area contributed by atoms with Crippen LogP contribution in [0.1, 0.15) is 26.7 Å². The first-order chi connectivity index (χ1) is 6.77. The van der Waals surface area contributed by atoms with Gasteiger partial charge in [-0.2, -0.15) is 0 Å². The molecular formula is C11H17ClN2. The molecule has 1 rings (SSSR count). The Balaban J connectivity index is 2.49. The first-order valence-corrected chi connectivity index (χ1v) is 5.49. The Labute approximate surface area is 90.7 Å². The van der Waals surface area contributed by atoms with Gasteiger partial charge in [-0.1, -0.05) is 38.3 Å². The van der Waals surface area contributed by atoms with Crippen LogP contribution >= 0.6 is 11.6 Å². The Hall–Kier alpha value is -0.760. The molecule has 78 valence electrons. The maximum absolute atomic E-state index is 5.99. The van der Waals surface area contributed by atoms with Gasteiger partial charge >= 0.3 is 0 Å². The van der Waals surface area contributed by atoms with Crippen LogP contribution in [-0.2, 0) is 0 Å². The third-order valence-electron chi connectivity index (χ3n) is 2.50. The summed E-state index contributed by atoms with van der Waals surface area (Å²) in [7, 11) is 0. The van der Waals surface area contributed by atoms with Crippen molar-refractivity contribution in [3.8, 4) is 0 Å². The summed E-state index contributed by atoms with van der Waals surface area (Å²) in [6, 6.07) is 1.80. The lowest BCUT2D eigenvalue weighted by molar-refractivity contribution is 0.519. The molecule has 1 aromatic rings. The van der Waals surface area contributed by atoms with Gasteiger partial charge < -0.3 is 5.32 Å². The van der Waals surface area contributed by atoms with E-state index >= 15 is 0 Å². The highest BCUT2D eigenvalue weighted by atomic mass is 35.5. The van der Waals surface area contributed by atoms with Crippen molar-refractivity contribution in [3.05, 3.63) is 23.5 Å². The molecule has 0 aromatic carbocycles. The summed E-state index contributed by atoms with van der Waals surface area (Å²) in [5, 5.41) is 4.06. The highest BCUT2D eigenvalue weighted by Gasteiger charge is 2.04. The van der Waals surface area contributed by atoms with Crippen LogP contribution in [0, 0.1) is 5.92 Å². The highest BCUT2D eigenvalue weighted by molar-refractivity contribution is 6.33. The van der Waals surface area contributed by atoms with E-state index in [1.807, 2.05) is 0 Å². The molecule has 0 aliphatic rings. The Morgan fingerprint density at radius 2 is 2.14 bits per heavy atom. The van der Waals surface area contributed by atoms with Crippen molar-refractivity contribution < 1.29 is 0 Å². The van der Waals surface area contributed by atoms with E-state index < -0.39 is 0 Å². The van der Waals surface area contributed by atoms with Gasteiger partial charge in [-0.15, -0.1) is 0 Å². The molecule has 2 nitrogen and oxygen atoms in total. The summed E-state index contributed by atoms with van der Waals surface area (Å²) in [5.74, 6) is 0.714. The van der Waals surface area contributed by atoms with Gasteiger partial charge in [0.25, 0.3) is 0 Å². The number of halogens is 1. The monoisotopic (exact) mass is 212 g/mol. The molecule has 0 spiro atoms. The fourth-order valence-electron chi connectivity index (χ4n) is 1.34. The normalized spacial score (nSPS) is 10.6. The van der Waals surface area contributed by atoms with Gasteiger partial charge in [0.2, 0.25) is 0 Å². The van der Waals surface area contributed by atoms with E-state index in [1.165, 1.54) is 12.8 Å². The van der Waals surface area contributed by atoms with E-state index in [4.69, 9.17) is 11.6 Å². The summed E-state index contributed by atoms with van der Waals surface area (Å²) in [5.41, 5.74) is 0.932.